The third-order valence-corrected chi connectivity index (χ3v) is 3.00. The second-order valence-corrected chi connectivity index (χ2v) is 4.47. The molecular formula is C11H8BrF2N3O2. The topological polar surface area (TPSA) is 57.0 Å². The summed E-state index contributed by atoms with van der Waals surface area (Å²) in [4.78, 5) is 11.2. The van der Waals surface area contributed by atoms with E-state index in [4.69, 9.17) is 0 Å². The van der Waals surface area contributed by atoms with Gasteiger partial charge in [0.2, 0.25) is 0 Å². The molecule has 0 radical (unpaired) electrons. The van der Waals surface area contributed by atoms with E-state index in [-0.39, 0.29) is 22.3 Å². The molecule has 19 heavy (non-hydrogen) atoms. The van der Waals surface area contributed by atoms with Crippen LogP contribution in [0.5, 0.6) is 0 Å². The minimum Gasteiger partial charge on any atom is -0.464 e. The number of carbonyl (C=O) groups excluding carboxylic acids is 1. The van der Waals surface area contributed by atoms with Crippen LogP contribution in [-0.2, 0) is 11.3 Å². The Hall–Kier alpha value is -1.83. The van der Waals surface area contributed by atoms with Crippen LogP contribution >= 0.6 is 15.9 Å². The zero-order valence-electron chi connectivity index (χ0n) is 9.73. The Morgan fingerprint density at radius 3 is 2.89 bits per heavy atom. The number of hydrogen-bond acceptors (Lipinski definition) is 4. The summed E-state index contributed by atoms with van der Waals surface area (Å²) in [5, 5.41) is 7.16. The quantitative estimate of drug-likeness (QED) is 0.638. The van der Waals surface area contributed by atoms with Gasteiger partial charge < -0.3 is 4.74 Å². The largest absolute Gasteiger partial charge is 0.464 e. The number of carbonyl (C=O) groups is 1. The maximum Gasteiger partial charge on any atom is 0.360 e. The Balaban J connectivity index is 2.29. The predicted molar refractivity (Wildman–Crippen MR) is 64.5 cm³/mol. The van der Waals surface area contributed by atoms with E-state index in [0.717, 1.165) is 10.7 Å². The molecule has 0 aliphatic heterocycles. The molecule has 0 aliphatic carbocycles. The van der Waals surface area contributed by atoms with Gasteiger partial charge in [-0.25, -0.2) is 18.3 Å². The van der Waals surface area contributed by atoms with Crippen LogP contribution in [0.15, 0.2) is 22.8 Å². The molecule has 2 rings (SSSR count). The van der Waals surface area contributed by atoms with Crippen LogP contribution in [0.1, 0.15) is 16.1 Å². The van der Waals surface area contributed by atoms with Gasteiger partial charge in [0.25, 0.3) is 0 Å². The summed E-state index contributed by atoms with van der Waals surface area (Å²) in [5.74, 6) is -2.08. The number of halogens is 3. The van der Waals surface area contributed by atoms with E-state index in [1.54, 1.807) is 0 Å². The first-order valence-corrected chi connectivity index (χ1v) is 5.93. The minimum atomic E-state index is -0.713. The molecule has 1 aromatic heterocycles. The van der Waals surface area contributed by atoms with Crippen molar-refractivity contribution in [2.75, 3.05) is 7.11 Å². The molecule has 8 heteroatoms. The van der Waals surface area contributed by atoms with Crippen molar-refractivity contribution >= 4 is 21.9 Å². The first-order chi connectivity index (χ1) is 9.02. The Bertz CT molecular complexity index is 630. The minimum absolute atomic E-state index is 0.0293. The highest BCUT2D eigenvalue weighted by Crippen LogP contribution is 2.22. The van der Waals surface area contributed by atoms with Crippen molar-refractivity contribution < 1.29 is 18.3 Å². The maximum absolute atomic E-state index is 13.7. The number of aromatic nitrogens is 3. The van der Waals surface area contributed by atoms with Crippen LogP contribution in [0.3, 0.4) is 0 Å². The fraction of sp³-hybridized carbons (Fsp3) is 0.182. The lowest BCUT2D eigenvalue weighted by Crippen LogP contribution is -2.06. The van der Waals surface area contributed by atoms with E-state index in [1.165, 1.54) is 19.4 Å². The molecule has 1 aromatic carbocycles. The van der Waals surface area contributed by atoms with Crippen molar-refractivity contribution in [3.63, 3.8) is 0 Å². The van der Waals surface area contributed by atoms with Crippen LogP contribution in [0, 0.1) is 11.6 Å². The van der Waals surface area contributed by atoms with Gasteiger partial charge in [0.05, 0.1) is 24.3 Å². The molecule has 0 saturated heterocycles. The first kappa shape index (κ1) is 13.6. The van der Waals surface area contributed by atoms with E-state index in [9.17, 15) is 13.6 Å². The summed E-state index contributed by atoms with van der Waals surface area (Å²) in [7, 11) is 1.20. The van der Waals surface area contributed by atoms with Crippen LogP contribution in [0.4, 0.5) is 8.78 Å². The number of benzene rings is 1. The van der Waals surface area contributed by atoms with E-state index in [2.05, 4.69) is 31.0 Å². The van der Waals surface area contributed by atoms with Gasteiger partial charge in [-0.1, -0.05) is 5.21 Å². The number of rotatable bonds is 3. The second kappa shape index (κ2) is 5.43. The molecule has 0 unspecified atom stereocenters. The molecule has 100 valence electrons. The number of hydrogen-bond donors (Lipinski definition) is 0. The molecule has 0 bridgehead atoms. The summed E-state index contributed by atoms with van der Waals surface area (Å²) < 4.78 is 33.0. The molecule has 0 atom stereocenters. The molecule has 2 aromatic rings. The monoisotopic (exact) mass is 331 g/mol. The van der Waals surface area contributed by atoms with Crippen molar-refractivity contribution in [1.82, 2.24) is 15.0 Å². The van der Waals surface area contributed by atoms with Crippen LogP contribution in [-0.4, -0.2) is 28.1 Å². The Kier molecular flexibility index (Phi) is 3.89. The SMILES string of the molecule is COC(=O)c1cn(Cc2c(F)ccc(Br)c2F)nn1. The highest BCUT2D eigenvalue weighted by Gasteiger charge is 2.15. The third kappa shape index (κ3) is 2.78. The summed E-state index contributed by atoms with van der Waals surface area (Å²) in [6.45, 7) is -0.179. The van der Waals surface area contributed by atoms with Crippen LogP contribution in [0.25, 0.3) is 0 Å². The molecule has 0 spiro atoms. The van der Waals surface area contributed by atoms with Gasteiger partial charge in [-0.3, -0.25) is 0 Å². The van der Waals surface area contributed by atoms with Crippen LogP contribution < -0.4 is 0 Å². The number of methoxy groups -OCH3 is 1. The zero-order valence-corrected chi connectivity index (χ0v) is 11.3. The summed E-state index contributed by atoms with van der Waals surface area (Å²) in [6, 6.07) is 2.41. The van der Waals surface area contributed by atoms with Crippen molar-refractivity contribution in [1.29, 1.82) is 0 Å². The molecule has 0 aliphatic rings. The molecule has 0 N–H and O–H groups in total. The lowest BCUT2D eigenvalue weighted by molar-refractivity contribution is 0.0594. The number of nitrogens with zero attached hydrogens (tertiary/aromatic N) is 3. The molecule has 1 heterocycles. The fourth-order valence-electron chi connectivity index (χ4n) is 1.45. The lowest BCUT2D eigenvalue weighted by atomic mass is 10.2. The van der Waals surface area contributed by atoms with E-state index < -0.39 is 17.6 Å². The number of esters is 1. The summed E-state index contributed by atoms with van der Waals surface area (Å²) in [5.41, 5.74) is -0.200. The van der Waals surface area contributed by atoms with Gasteiger partial charge in [0.1, 0.15) is 11.6 Å². The highest BCUT2D eigenvalue weighted by molar-refractivity contribution is 9.10. The summed E-state index contributed by atoms with van der Waals surface area (Å²) in [6.07, 6.45) is 1.26. The summed E-state index contributed by atoms with van der Waals surface area (Å²) >= 11 is 2.97. The average Bonchev–Trinajstić information content (AvgIpc) is 2.87. The average molecular weight is 332 g/mol. The van der Waals surface area contributed by atoms with Gasteiger partial charge in [0.15, 0.2) is 5.69 Å². The highest BCUT2D eigenvalue weighted by atomic mass is 79.9. The molecule has 5 nitrogen and oxygen atoms in total. The fourth-order valence-corrected chi connectivity index (χ4v) is 1.82. The number of ether oxygens (including phenoxy) is 1. The maximum atomic E-state index is 13.7. The van der Waals surface area contributed by atoms with Gasteiger partial charge in [-0.05, 0) is 28.1 Å². The first-order valence-electron chi connectivity index (χ1n) is 5.13. The third-order valence-electron chi connectivity index (χ3n) is 2.39. The Labute approximate surface area is 115 Å². The molecular weight excluding hydrogens is 324 g/mol. The lowest BCUT2D eigenvalue weighted by Gasteiger charge is -2.05. The standard InChI is InChI=1S/C11H8BrF2N3O2/c1-19-11(18)9-5-17(16-15-9)4-6-8(13)3-2-7(12)10(6)14/h2-3,5H,4H2,1H3. The van der Waals surface area contributed by atoms with Crippen molar-refractivity contribution in [3.05, 3.63) is 45.7 Å². The van der Waals surface area contributed by atoms with Gasteiger partial charge in [-0.15, -0.1) is 5.10 Å². The van der Waals surface area contributed by atoms with Gasteiger partial charge >= 0.3 is 5.97 Å². The molecule has 0 amide bonds. The normalized spacial score (nSPS) is 10.5. The zero-order chi connectivity index (χ0) is 14.0. The predicted octanol–water partition coefficient (Wildman–Crippen LogP) is 2.15. The van der Waals surface area contributed by atoms with Crippen molar-refractivity contribution in [3.8, 4) is 0 Å². The Morgan fingerprint density at radius 2 is 2.21 bits per heavy atom. The van der Waals surface area contributed by atoms with Crippen LogP contribution in [0.2, 0.25) is 0 Å². The van der Waals surface area contributed by atoms with Gasteiger partial charge in [0, 0.05) is 5.56 Å². The Morgan fingerprint density at radius 1 is 1.47 bits per heavy atom. The smallest absolute Gasteiger partial charge is 0.360 e. The van der Waals surface area contributed by atoms with Crippen molar-refractivity contribution in [2.45, 2.75) is 6.54 Å². The van der Waals surface area contributed by atoms with E-state index in [1.807, 2.05) is 0 Å². The van der Waals surface area contributed by atoms with Gasteiger partial charge in [-0.2, -0.15) is 0 Å². The molecule has 0 fully saturated rings. The van der Waals surface area contributed by atoms with Crippen molar-refractivity contribution in [2.24, 2.45) is 0 Å². The van der Waals surface area contributed by atoms with E-state index >= 15 is 0 Å². The second-order valence-electron chi connectivity index (χ2n) is 3.61. The molecule has 0 saturated carbocycles. The van der Waals surface area contributed by atoms with E-state index in [0.29, 0.717) is 0 Å².